The smallest absolute Gasteiger partial charge is 0.436 e. The molecule has 1 heterocycles. The molecule has 0 radical (unpaired) electrons. The van der Waals surface area contributed by atoms with Crippen molar-refractivity contribution < 1.29 is 17.9 Å². The molecule has 0 aliphatic rings. The SMILES string of the molecule is COc1c(C)nn(C(C)(C)C)c1C(F)(F)F. The number of ether oxygens (including phenoxy) is 1. The first kappa shape index (κ1) is 12.9. The first-order valence-corrected chi connectivity index (χ1v) is 4.80. The molecule has 0 aliphatic carbocycles. The number of hydrogen-bond acceptors (Lipinski definition) is 2. The van der Waals surface area contributed by atoms with E-state index in [4.69, 9.17) is 4.74 Å². The van der Waals surface area contributed by atoms with Gasteiger partial charge < -0.3 is 4.74 Å². The third-order valence-electron chi connectivity index (χ3n) is 2.11. The van der Waals surface area contributed by atoms with Gasteiger partial charge in [-0.3, -0.25) is 4.68 Å². The Balaban J connectivity index is 3.52. The molecular weight excluding hydrogens is 221 g/mol. The van der Waals surface area contributed by atoms with Crippen LogP contribution in [0.15, 0.2) is 0 Å². The van der Waals surface area contributed by atoms with Gasteiger partial charge in [-0.1, -0.05) is 0 Å². The van der Waals surface area contributed by atoms with Gasteiger partial charge in [0.05, 0.1) is 12.6 Å². The summed E-state index contributed by atoms with van der Waals surface area (Å²) in [5, 5.41) is 3.89. The summed E-state index contributed by atoms with van der Waals surface area (Å²) in [6.07, 6.45) is -4.47. The lowest BCUT2D eigenvalue weighted by atomic mass is 10.1. The molecule has 1 rings (SSSR count). The lowest BCUT2D eigenvalue weighted by Crippen LogP contribution is -2.29. The lowest BCUT2D eigenvalue weighted by Gasteiger charge is -2.23. The molecule has 0 N–H and O–H groups in total. The van der Waals surface area contributed by atoms with Gasteiger partial charge in [0.1, 0.15) is 5.69 Å². The van der Waals surface area contributed by atoms with Gasteiger partial charge in [0, 0.05) is 0 Å². The number of nitrogens with zero attached hydrogens (tertiary/aromatic N) is 2. The second-order valence-corrected chi connectivity index (χ2v) is 4.55. The summed E-state index contributed by atoms with van der Waals surface area (Å²) >= 11 is 0. The highest BCUT2D eigenvalue weighted by Gasteiger charge is 2.42. The minimum absolute atomic E-state index is 0.206. The Hall–Kier alpha value is -1.20. The predicted molar refractivity (Wildman–Crippen MR) is 53.5 cm³/mol. The molecule has 3 nitrogen and oxygen atoms in total. The van der Waals surface area contributed by atoms with Gasteiger partial charge in [0.25, 0.3) is 0 Å². The van der Waals surface area contributed by atoms with E-state index in [1.165, 1.54) is 14.0 Å². The Bertz CT molecular complexity index is 388. The zero-order valence-electron chi connectivity index (χ0n) is 9.94. The highest BCUT2D eigenvalue weighted by Crippen LogP contribution is 2.40. The van der Waals surface area contributed by atoms with Gasteiger partial charge in [-0.2, -0.15) is 18.3 Å². The molecule has 0 aliphatic heterocycles. The first-order chi connectivity index (χ1) is 7.09. The Morgan fingerprint density at radius 3 is 2.00 bits per heavy atom. The van der Waals surface area contributed by atoms with Crippen LogP contribution in [0.25, 0.3) is 0 Å². The van der Waals surface area contributed by atoms with Crippen molar-refractivity contribution in [2.24, 2.45) is 0 Å². The summed E-state index contributed by atoms with van der Waals surface area (Å²) in [5.41, 5.74) is -1.34. The molecule has 1 aromatic heterocycles. The maximum absolute atomic E-state index is 12.9. The molecule has 0 saturated carbocycles. The van der Waals surface area contributed by atoms with Crippen molar-refractivity contribution >= 4 is 0 Å². The minimum atomic E-state index is -4.47. The largest absolute Gasteiger partial charge is 0.493 e. The fourth-order valence-electron chi connectivity index (χ4n) is 1.49. The number of hydrogen-bond donors (Lipinski definition) is 0. The average Bonchev–Trinajstić information content (AvgIpc) is 2.40. The van der Waals surface area contributed by atoms with Gasteiger partial charge in [0.2, 0.25) is 0 Å². The summed E-state index contributed by atoms with van der Waals surface area (Å²) in [6.45, 7) is 6.48. The second-order valence-electron chi connectivity index (χ2n) is 4.55. The summed E-state index contributed by atoms with van der Waals surface area (Å²) in [4.78, 5) is 0. The number of rotatable bonds is 1. The number of methoxy groups -OCH3 is 1. The Morgan fingerprint density at radius 1 is 1.19 bits per heavy atom. The quantitative estimate of drug-likeness (QED) is 0.749. The third-order valence-corrected chi connectivity index (χ3v) is 2.11. The van der Waals surface area contributed by atoms with E-state index in [9.17, 15) is 13.2 Å². The highest BCUT2D eigenvalue weighted by molar-refractivity contribution is 5.35. The van der Waals surface area contributed by atoms with E-state index in [0.29, 0.717) is 0 Å². The van der Waals surface area contributed by atoms with E-state index in [0.717, 1.165) is 4.68 Å². The van der Waals surface area contributed by atoms with Crippen LogP contribution in [0.2, 0.25) is 0 Å². The van der Waals surface area contributed by atoms with Crippen LogP contribution in [-0.2, 0) is 11.7 Å². The maximum Gasteiger partial charge on any atom is 0.436 e. The Kier molecular flexibility index (Phi) is 2.96. The molecule has 0 bridgehead atoms. The van der Waals surface area contributed by atoms with Crippen molar-refractivity contribution in [2.45, 2.75) is 39.4 Å². The maximum atomic E-state index is 12.9. The fraction of sp³-hybridized carbons (Fsp3) is 0.700. The zero-order valence-corrected chi connectivity index (χ0v) is 9.94. The van der Waals surface area contributed by atoms with Crippen molar-refractivity contribution in [3.05, 3.63) is 11.4 Å². The van der Waals surface area contributed by atoms with E-state index in [2.05, 4.69) is 5.10 Å². The zero-order chi connectivity index (χ0) is 12.7. The Labute approximate surface area is 92.2 Å². The van der Waals surface area contributed by atoms with Gasteiger partial charge in [-0.15, -0.1) is 0 Å². The summed E-state index contributed by atoms with van der Waals surface area (Å²) < 4.78 is 44.4. The topological polar surface area (TPSA) is 27.1 Å². The molecule has 0 atom stereocenters. The highest BCUT2D eigenvalue weighted by atomic mass is 19.4. The van der Waals surface area contributed by atoms with Gasteiger partial charge in [-0.25, -0.2) is 0 Å². The van der Waals surface area contributed by atoms with Gasteiger partial charge in [-0.05, 0) is 27.7 Å². The van der Waals surface area contributed by atoms with Crippen LogP contribution in [0.3, 0.4) is 0 Å². The van der Waals surface area contributed by atoms with Crippen LogP contribution >= 0.6 is 0 Å². The monoisotopic (exact) mass is 236 g/mol. The van der Waals surface area contributed by atoms with E-state index < -0.39 is 17.4 Å². The second kappa shape index (κ2) is 3.68. The summed E-state index contributed by atoms with van der Waals surface area (Å²) in [5.74, 6) is -0.206. The van der Waals surface area contributed by atoms with E-state index in [-0.39, 0.29) is 11.4 Å². The van der Waals surface area contributed by atoms with Crippen molar-refractivity contribution in [1.29, 1.82) is 0 Å². The molecule has 0 amide bonds. The first-order valence-electron chi connectivity index (χ1n) is 4.80. The third kappa shape index (κ3) is 2.15. The predicted octanol–water partition coefficient (Wildman–Crippen LogP) is 2.97. The molecule has 0 saturated heterocycles. The molecule has 0 unspecified atom stereocenters. The molecular formula is C10H15F3N2O. The molecule has 0 aromatic carbocycles. The average molecular weight is 236 g/mol. The number of aromatic nitrogens is 2. The molecule has 92 valence electrons. The van der Waals surface area contributed by atoms with E-state index >= 15 is 0 Å². The van der Waals surface area contributed by atoms with Gasteiger partial charge in [0.15, 0.2) is 11.4 Å². The molecule has 0 spiro atoms. The van der Waals surface area contributed by atoms with E-state index in [1.54, 1.807) is 20.8 Å². The standard InChI is InChI=1S/C10H15F3N2O/c1-6-7(16-5)8(10(11,12)13)15(14-6)9(2,3)4/h1-5H3. The van der Waals surface area contributed by atoms with E-state index in [1.807, 2.05) is 0 Å². The molecule has 0 fully saturated rings. The van der Waals surface area contributed by atoms with Crippen LogP contribution in [-0.4, -0.2) is 16.9 Å². The normalized spacial score (nSPS) is 13.0. The molecule has 16 heavy (non-hydrogen) atoms. The van der Waals surface area contributed by atoms with Crippen molar-refractivity contribution in [3.63, 3.8) is 0 Å². The summed E-state index contributed by atoms with van der Waals surface area (Å²) in [7, 11) is 1.21. The van der Waals surface area contributed by atoms with Crippen LogP contribution < -0.4 is 4.74 Å². The number of alkyl halides is 3. The number of aryl methyl sites for hydroxylation is 1. The Morgan fingerprint density at radius 2 is 1.69 bits per heavy atom. The number of halogens is 3. The van der Waals surface area contributed by atoms with Crippen molar-refractivity contribution in [2.75, 3.05) is 7.11 Å². The van der Waals surface area contributed by atoms with Gasteiger partial charge >= 0.3 is 6.18 Å². The summed E-state index contributed by atoms with van der Waals surface area (Å²) in [6, 6.07) is 0. The lowest BCUT2D eigenvalue weighted by molar-refractivity contribution is -0.147. The van der Waals surface area contributed by atoms with Crippen molar-refractivity contribution in [3.8, 4) is 5.75 Å². The fourth-order valence-corrected chi connectivity index (χ4v) is 1.49. The molecule has 1 aromatic rings. The van der Waals surface area contributed by atoms with Crippen LogP contribution in [0, 0.1) is 6.92 Å². The van der Waals surface area contributed by atoms with Crippen LogP contribution in [0.1, 0.15) is 32.2 Å². The van der Waals surface area contributed by atoms with Crippen LogP contribution in [0.4, 0.5) is 13.2 Å². The van der Waals surface area contributed by atoms with Crippen LogP contribution in [0.5, 0.6) is 5.75 Å². The van der Waals surface area contributed by atoms with Crippen molar-refractivity contribution in [1.82, 2.24) is 9.78 Å². The molecule has 6 heteroatoms. The minimum Gasteiger partial charge on any atom is -0.493 e.